The molecule has 2 rings (SSSR count). The van der Waals surface area contributed by atoms with Crippen molar-refractivity contribution in [3.8, 4) is 0 Å². The van der Waals surface area contributed by atoms with Crippen LogP contribution in [0.4, 0.5) is 10.1 Å². The first-order valence-electron chi connectivity index (χ1n) is 8.10. The number of thiocarbonyl (C=S) groups is 1. The SMILES string of the molecule is Cc1ccc(NC(=S)N(CC[NH+](C)C)Cc2ccccc2)cc1F. The monoisotopic (exact) mass is 346 g/mol. The summed E-state index contributed by atoms with van der Waals surface area (Å²) in [5, 5.41) is 3.78. The number of halogens is 1. The Labute approximate surface area is 149 Å². The molecule has 2 aromatic carbocycles. The van der Waals surface area contributed by atoms with Gasteiger partial charge in [0, 0.05) is 12.2 Å². The molecule has 5 heteroatoms. The Morgan fingerprint density at radius 1 is 1.17 bits per heavy atom. The van der Waals surface area contributed by atoms with Crippen LogP contribution in [-0.2, 0) is 6.54 Å². The van der Waals surface area contributed by atoms with Gasteiger partial charge in [0.1, 0.15) is 5.82 Å². The smallest absolute Gasteiger partial charge is 0.173 e. The van der Waals surface area contributed by atoms with Gasteiger partial charge in [-0.3, -0.25) is 0 Å². The molecule has 128 valence electrons. The highest BCUT2D eigenvalue weighted by molar-refractivity contribution is 7.80. The molecule has 0 amide bonds. The molecule has 0 aliphatic carbocycles. The van der Waals surface area contributed by atoms with Crippen molar-refractivity contribution in [3.05, 3.63) is 65.5 Å². The summed E-state index contributed by atoms with van der Waals surface area (Å²) in [6.07, 6.45) is 0. The van der Waals surface area contributed by atoms with Gasteiger partial charge in [-0.1, -0.05) is 36.4 Å². The van der Waals surface area contributed by atoms with Crippen LogP contribution in [0.1, 0.15) is 11.1 Å². The highest BCUT2D eigenvalue weighted by Gasteiger charge is 2.13. The average molecular weight is 346 g/mol. The lowest BCUT2D eigenvalue weighted by atomic mass is 10.2. The van der Waals surface area contributed by atoms with Gasteiger partial charge in [-0.25, -0.2) is 4.39 Å². The number of aryl methyl sites for hydroxylation is 1. The van der Waals surface area contributed by atoms with Gasteiger partial charge in [-0.05, 0) is 42.4 Å². The van der Waals surface area contributed by atoms with Crippen molar-refractivity contribution in [3.63, 3.8) is 0 Å². The van der Waals surface area contributed by atoms with E-state index >= 15 is 0 Å². The third-order valence-electron chi connectivity index (χ3n) is 3.81. The van der Waals surface area contributed by atoms with Crippen molar-refractivity contribution < 1.29 is 9.29 Å². The zero-order valence-corrected chi connectivity index (χ0v) is 15.3. The highest BCUT2D eigenvalue weighted by Crippen LogP contribution is 2.15. The number of benzene rings is 2. The lowest BCUT2D eigenvalue weighted by molar-refractivity contribution is -0.857. The van der Waals surface area contributed by atoms with E-state index in [1.165, 1.54) is 16.5 Å². The summed E-state index contributed by atoms with van der Waals surface area (Å²) in [4.78, 5) is 3.48. The molecule has 0 aliphatic heterocycles. The quantitative estimate of drug-likeness (QED) is 0.784. The number of nitrogens with one attached hydrogen (secondary N) is 2. The fourth-order valence-electron chi connectivity index (χ4n) is 2.29. The highest BCUT2D eigenvalue weighted by atomic mass is 32.1. The van der Waals surface area contributed by atoms with E-state index in [2.05, 4.69) is 36.4 Å². The maximum absolute atomic E-state index is 13.7. The molecule has 0 aromatic heterocycles. The Balaban J connectivity index is 2.09. The zero-order valence-electron chi connectivity index (χ0n) is 14.5. The number of hydrogen-bond acceptors (Lipinski definition) is 1. The standard InChI is InChI=1S/C19H24FN3S/c1-15-9-10-17(13-18(15)20)21-19(24)23(12-11-22(2)3)14-16-7-5-4-6-8-16/h4-10,13H,11-12,14H2,1-3H3,(H,21,24)/p+1. The molecular weight excluding hydrogens is 321 g/mol. The summed E-state index contributed by atoms with van der Waals surface area (Å²) >= 11 is 5.57. The average Bonchev–Trinajstić information content (AvgIpc) is 2.55. The van der Waals surface area contributed by atoms with Crippen molar-refractivity contribution >= 4 is 23.0 Å². The number of quaternary nitrogens is 1. The predicted molar refractivity (Wildman–Crippen MR) is 102 cm³/mol. The van der Waals surface area contributed by atoms with Crippen LogP contribution in [0.15, 0.2) is 48.5 Å². The van der Waals surface area contributed by atoms with Crippen molar-refractivity contribution in [2.24, 2.45) is 0 Å². The second-order valence-corrected chi connectivity index (χ2v) is 6.65. The van der Waals surface area contributed by atoms with Gasteiger partial charge in [0.15, 0.2) is 5.11 Å². The summed E-state index contributed by atoms with van der Waals surface area (Å²) in [5.74, 6) is -0.227. The molecule has 0 unspecified atom stereocenters. The summed E-state index contributed by atoms with van der Waals surface area (Å²) < 4.78 is 13.7. The number of nitrogens with zero attached hydrogens (tertiary/aromatic N) is 1. The molecule has 0 spiro atoms. The first-order chi connectivity index (χ1) is 11.5. The molecule has 0 radical (unpaired) electrons. The van der Waals surface area contributed by atoms with E-state index in [4.69, 9.17) is 12.2 Å². The van der Waals surface area contributed by atoms with Crippen LogP contribution in [0.3, 0.4) is 0 Å². The van der Waals surface area contributed by atoms with Gasteiger partial charge in [-0.2, -0.15) is 0 Å². The maximum Gasteiger partial charge on any atom is 0.173 e. The molecule has 0 bridgehead atoms. The van der Waals surface area contributed by atoms with Crippen LogP contribution in [0, 0.1) is 12.7 Å². The molecule has 3 nitrogen and oxygen atoms in total. The van der Waals surface area contributed by atoms with Crippen LogP contribution >= 0.6 is 12.2 Å². The summed E-state index contributed by atoms with van der Waals surface area (Å²) in [7, 11) is 4.24. The molecule has 2 N–H and O–H groups in total. The molecule has 0 saturated carbocycles. The van der Waals surface area contributed by atoms with Gasteiger partial charge in [0.2, 0.25) is 0 Å². The topological polar surface area (TPSA) is 19.7 Å². The van der Waals surface area contributed by atoms with Crippen LogP contribution in [-0.4, -0.2) is 37.2 Å². The van der Waals surface area contributed by atoms with E-state index in [0.717, 1.165) is 19.6 Å². The predicted octanol–water partition coefficient (Wildman–Crippen LogP) is 2.48. The molecule has 0 atom stereocenters. The first-order valence-corrected chi connectivity index (χ1v) is 8.51. The van der Waals surface area contributed by atoms with E-state index in [1.807, 2.05) is 24.3 Å². The summed E-state index contributed by atoms with van der Waals surface area (Å²) in [6.45, 7) is 4.28. The Morgan fingerprint density at radius 3 is 2.50 bits per heavy atom. The second-order valence-electron chi connectivity index (χ2n) is 6.26. The largest absolute Gasteiger partial charge is 0.339 e. The van der Waals surface area contributed by atoms with Crippen LogP contribution in [0.5, 0.6) is 0 Å². The minimum atomic E-state index is -0.227. The molecule has 24 heavy (non-hydrogen) atoms. The number of rotatable bonds is 6. The van der Waals surface area contributed by atoms with Crippen molar-refractivity contribution in [1.82, 2.24) is 4.90 Å². The van der Waals surface area contributed by atoms with E-state index in [1.54, 1.807) is 13.0 Å². The van der Waals surface area contributed by atoms with Crippen LogP contribution < -0.4 is 10.2 Å². The van der Waals surface area contributed by atoms with Gasteiger partial charge in [0.05, 0.1) is 27.2 Å². The lowest BCUT2D eigenvalue weighted by Gasteiger charge is -2.26. The summed E-state index contributed by atoms with van der Waals surface area (Å²) in [5.41, 5.74) is 2.51. The van der Waals surface area contributed by atoms with Gasteiger partial charge in [0.25, 0.3) is 0 Å². The molecule has 2 aromatic rings. The van der Waals surface area contributed by atoms with Crippen LogP contribution in [0.2, 0.25) is 0 Å². The minimum Gasteiger partial charge on any atom is -0.339 e. The van der Waals surface area contributed by atoms with Crippen molar-refractivity contribution in [2.45, 2.75) is 13.5 Å². The molecule has 0 saturated heterocycles. The Hall–Kier alpha value is -1.98. The molecule has 0 aliphatic rings. The third-order valence-corrected chi connectivity index (χ3v) is 4.17. The van der Waals surface area contributed by atoms with E-state index in [9.17, 15) is 4.39 Å². The fraction of sp³-hybridized carbons (Fsp3) is 0.316. The maximum atomic E-state index is 13.7. The fourth-order valence-corrected chi connectivity index (χ4v) is 2.56. The molecule has 0 heterocycles. The second kappa shape index (κ2) is 8.76. The number of anilines is 1. The van der Waals surface area contributed by atoms with Gasteiger partial charge >= 0.3 is 0 Å². The zero-order chi connectivity index (χ0) is 17.5. The number of hydrogen-bond donors (Lipinski definition) is 2. The van der Waals surface area contributed by atoms with Gasteiger partial charge in [-0.15, -0.1) is 0 Å². The van der Waals surface area contributed by atoms with Crippen LogP contribution in [0.25, 0.3) is 0 Å². The normalized spacial score (nSPS) is 10.7. The third kappa shape index (κ3) is 5.58. The molecule has 0 fully saturated rings. The lowest BCUT2D eigenvalue weighted by Crippen LogP contribution is -3.06. The van der Waals surface area contributed by atoms with Gasteiger partial charge < -0.3 is 15.1 Å². The van der Waals surface area contributed by atoms with Crippen molar-refractivity contribution in [1.29, 1.82) is 0 Å². The Kier molecular flexibility index (Phi) is 6.70. The van der Waals surface area contributed by atoms with E-state index in [-0.39, 0.29) is 5.82 Å². The summed E-state index contributed by atoms with van der Waals surface area (Å²) in [6, 6.07) is 15.3. The first kappa shape index (κ1) is 18.4. The Morgan fingerprint density at radius 2 is 1.88 bits per heavy atom. The number of likely N-dealkylation sites (N-methyl/N-ethyl adjacent to an activating group) is 1. The minimum absolute atomic E-state index is 0.227. The van der Waals surface area contributed by atoms with Crippen molar-refractivity contribution in [2.75, 3.05) is 32.5 Å². The Bertz CT molecular complexity index is 674. The van der Waals surface area contributed by atoms with E-state index < -0.39 is 0 Å². The van der Waals surface area contributed by atoms with E-state index in [0.29, 0.717) is 16.4 Å². The molecular formula is C19H25FN3S+.